The standard InChI is InChI=1S/C15H21NO2S/c1-17-13-8-16(9-14(13)18-2)7-11-10-19-15-6-4-3-5-12(11)15/h3-6,11,13-14H,7-10H2,1-2H3. The first kappa shape index (κ1) is 13.4. The van der Waals surface area contributed by atoms with Gasteiger partial charge in [0.15, 0.2) is 0 Å². The van der Waals surface area contributed by atoms with Gasteiger partial charge in [-0.25, -0.2) is 0 Å². The van der Waals surface area contributed by atoms with Crippen molar-refractivity contribution in [2.75, 3.05) is 39.6 Å². The molecule has 0 bridgehead atoms. The van der Waals surface area contributed by atoms with Crippen LogP contribution in [0.25, 0.3) is 0 Å². The molecule has 0 amide bonds. The first-order chi connectivity index (χ1) is 9.31. The summed E-state index contributed by atoms with van der Waals surface area (Å²) >= 11 is 1.98. The lowest BCUT2D eigenvalue weighted by molar-refractivity contribution is -0.00461. The highest BCUT2D eigenvalue weighted by molar-refractivity contribution is 7.99. The monoisotopic (exact) mass is 279 g/mol. The molecule has 3 unspecified atom stereocenters. The summed E-state index contributed by atoms with van der Waals surface area (Å²) < 4.78 is 11.0. The van der Waals surface area contributed by atoms with Gasteiger partial charge in [0.2, 0.25) is 0 Å². The third-order valence-electron chi connectivity index (χ3n) is 4.17. The number of hydrogen-bond acceptors (Lipinski definition) is 4. The van der Waals surface area contributed by atoms with Crippen LogP contribution in [0.2, 0.25) is 0 Å². The van der Waals surface area contributed by atoms with Crippen LogP contribution >= 0.6 is 11.8 Å². The van der Waals surface area contributed by atoms with Gasteiger partial charge in [-0.1, -0.05) is 18.2 Å². The lowest BCUT2D eigenvalue weighted by Crippen LogP contribution is -2.28. The van der Waals surface area contributed by atoms with Gasteiger partial charge >= 0.3 is 0 Å². The number of rotatable bonds is 4. The number of nitrogens with zero attached hydrogens (tertiary/aromatic N) is 1. The maximum atomic E-state index is 5.51. The lowest BCUT2D eigenvalue weighted by Gasteiger charge is -2.20. The zero-order valence-electron chi connectivity index (χ0n) is 11.5. The molecule has 3 atom stereocenters. The zero-order valence-corrected chi connectivity index (χ0v) is 12.4. The minimum absolute atomic E-state index is 0.217. The Morgan fingerprint density at radius 1 is 1.16 bits per heavy atom. The van der Waals surface area contributed by atoms with Gasteiger partial charge in [0.25, 0.3) is 0 Å². The van der Waals surface area contributed by atoms with Gasteiger partial charge in [-0.3, -0.25) is 4.90 Å². The van der Waals surface area contributed by atoms with Crippen molar-refractivity contribution in [3.8, 4) is 0 Å². The van der Waals surface area contributed by atoms with Crippen molar-refractivity contribution in [2.45, 2.75) is 23.0 Å². The quantitative estimate of drug-likeness (QED) is 0.842. The van der Waals surface area contributed by atoms with E-state index in [9.17, 15) is 0 Å². The van der Waals surface area contributed by atoms with Crippen LogP contribution in [0.4, 0.5) is 0 Å². The van der Waals surface area contributed by atoms with Crippen molar-refractivity contribution in [2.24, 2.45) is 0 Å². The molecule has 0 saturated carbocycles. The molecule has 0 spiro atoms. The van der Waals surface area contributed by atoms with Gasteiger partial charge < -0.3 is 9.47 Å². The van der Waals surface area contributed by atoms with Crippen molar-refractivity contribution in [3.63, 3.8) is 0 Å². The molecule has 3 nitrogen and oxygen atoms in total. The second-order valence-electron chi connectivity index (χ2n) is 5.31. The molecular weight excluding hydrogens is 258 g/mol. The molecule has 1 saturated heterocycles. The normalized spacial score (nSPS) is 30.7. The lowest BCUT2D eigenvalue weighted by atomic mass is 10.0. The van der Waals surface area contributed by atoms with Gasteiger partial charge in [-0.15, -0.1) is 11.8 Å². The third-order valence-corrected chi connectivity index (χ3v) is 5.43. The smallest absolute Gasteiger partial charge is 0.0971 e. The van der Waals surface area contributed by atoms with Crippen LogP contribution in [-0.2, 0) is 9.47 Å². The summed E-state index contributed by atoms with van der Waals surface area (Å²) in [5.41, 5.74) is 1.52. The van der Waals surface area contributed by atoms with Gasteiger partial charge in [0.05, 0.1) is 12.2 Å². The van der Waals surface area contributed by atoms with Crippen molar-refractivity contribution in [1.82, 2.24) is 4.90 Å². The summed E-state index contributed by atoms with van der Waals surface area (Å²) in [5.74, 6) is 1.85. The molecule has 104 valence electrons. The van der Waals surface area contributed by atoms with Crippen molar-refractivity contribution < 1.29 is 9.47 Å². The van der Waals surface area contributed by atoms with E-state index < -0.39 is 0 Å². The minimum atomic E-state index is 0.217. The Kier molecular flexibility index (Phi) is 4.12. The number of likely N-dealkylation sites (tertiary alicyclic amines) is 1. The first-order valence-electron chi connectivity index (χ1n) is 6.81. The van der Waals surface area contributed by atoms with Crippen LogP contribution in [0.15, 0.2) is 29.2 Å². The number of ether oxygens (including phenoxy) is 2. The number of methoxy groups -OCH3 is 2. The highest BCUT2D eigenvalue weighted by Gasteiger charge is 2.35. The molecule has 4 heteroatoms. The number of thioether (sulfide) groups is 1. The Hall–Kier alpha value is -0.550. The second kappa shape index (κ2) is 5.83. The Balaban J connectivity index is 1.65. The van der Waals surface area contributed by atoms with E-state index in [0.29, 0.717) is 5.92 Å². The highest BCUT2D eigenvalue weighted by atomic mass is 32.2. The topological polar surface area (TPSA) is 21.7 Å². The number of fused-ring (bicyclic) bond motifs is 1. The van der Waals surface area contributed by atoms with Crippen LogP contribution in [0.5, 0.6) is 0 Å². The summed E-state index contributed by atoms with van der Waals surface area (Å²) in [6, 6.07) is 8.79. The van der Waals surface area contributed by atoms with Gasteiger partial charge in [-0.2, -0.15) is 0 Å². The SMILES string of the molecule is COC1CN(CC2CSc3ccccc32)CC1OC. The Bertz CT molecular complexity index is 428. The number of hydrogen-bond donors (Lipinski definition) is 0. The average molecular weight is 279 g/mol. The molecule has 0 aromatic heterocycles. The van der Waals surface area contributed by atoms with E-state index in [1.807, 2.05) is 11.8 Å². The van der Waals surface area contributed by atoms with Gasteiger partial charge in [-0.05, 0) is 11.6 Å². The van der Waals surface area contributed by atoms with Crippen LogP contribution in [0.3, 0.4) is 0 Å². The van der Waals surface area contributed by atoms with E-state index in [0.717, 1.165) is 19.6 Å². The summed E-state index contributed by atoms with van der Waals surface area (Å²) in [4.78, 5) is 3.94. The maximum Gasteiger partial charge on any atom is 0.0971 e. The van der Waals surface area contributed by atoms with E-state index in [2.05, 4.69) is 29.2 Å². The molecule has 0 radical (unpaired) electrons. The minimum Gasteiger partial charge on any atom is -0.377 e. The molecule has 3 rings (SSSR count). The zero-order chi connectivity index (χ0) is 13.2. The summed E-state index contributed by atoms with van der Waals surface area (Å²) in [6.45, 7) is 3.08. The maximum absolute atomic E-state index is 5.51. The van der Waals surface area contributed by atoms with Crippen molar-refractivity contribution in [3.05, 3.63) is 29.8 Å². The summed E-state index contributed by atoms with van der Waals surface area (Å²) in [7, 11) is 3.56. The summed E-state index contributed by atoms with van der Waals surface area (Å²) in [5, 5.41) is 0. The van der Waals surface area contributed by atoms with Crippen LogP contribution in [0.1, 0.15) is 11.5 Å². The molecule has 1 fully saturated rings. The Morgan fingerprint density at radius 3 is 2.53 bits per heavy atom. The molecular formula is C15H21NO2S. The predicted octanol–water partition coefficient (Wildman–Crippen LogP) is 2.22. The Labute approximate surface area is 119 Å². The van der Waals surface area contributed by atoms with Crippen molar-refractivity contribution >= 4 is 11.8 Å². The van der Waals surface area contributed by atoms with E-state index in [1.165, 1.54) is 16.2 Å². The first-order valence-corrected chi connectivity index (χ1v) is 7.80. The molecule has 0 aliphatic carbocycles. The summed E-state index contributed by atoms with van der Waals surface area (Å²) in [6.07, 6.45) is 0.434. The molecule has 1 aromatic rings. The van der Waals surface area contributed by atoms with E-state index in [1.54, 1.807) is 14.2 Å². The van der Waals surface area contributed by atoms with Crippen LogP contribution in [-0.4, -0.2) is 56.7 Å². The molecule has 1 aromatic carbocycles. The fourth-order valence-corrected chi connectivity index (χ4v) is 4.35. The van der Waals surface area contributed by atoms with E-state index >= 15 is 0 Å². The molecule has 19 heavy (non-hydrogen) atoms. The van der Waals surface area contributed by atoms with E-state index in [4.69, 9.17) is 9.47 Å². The molecule has 0 N–H and O–H groups in total. The highest BCUT2D eigenvalue weighted by Crippen LogP contribution is 2.40. The third kappa shape index (κ3) is 2.68. The van der Waals surface area contributed by atoms with Crippen molar-refractivity contribution in [1.29, 1.82) is 0 Å². The fraction of sp³-hybridized carbons (Fsp3) is 0.600. The van der Waals surface area contributed by atoms with E-state index in [-0.39, 0.29) is 12.2 Å². The molecule has 2 heterocycles. The fourth-order valence-electron chi connectivity index (χ4n) is 3.11. The number of benzene rings is 1. The molecule has 2 aliphatic rings. The molecule has 2 aliphatic heterocycles. The van der Waals surface area contributed by atoms with Gasteiger partial charge in [0, 0.05) is 50.4 Å². The second-order valence-corrected chi connectivity index (χ2v) is 6.37. The Morgan fingerprint density at radius 2 is 1.84 bits per heavy atom. The largest absolute Gasteiger partial charge is 0.377 e. The van der Waals surface area contributed by atoms with Crippen LogP contribution in [0, 0.1) is 0 Å². The average Bonchev–Trinajstić information content (AvgIpc) is 3.03. The van der Waals surface area contributed by atoms with Crippen LogP contribution < -0.4 is 0 Å². The van der Waals surface area contributed by atoms with Gasteiger partial charge in [0.1, 0.15) is 0 Å². The predicted molar refractivity (Wildman–Crippen MR) is 77.9 cm³/mol.